The van der Waals surface area contributed by atoms with E-state index in [-0.39, 0.29) is 43.3 Å². The zero-order valence-corrected chi connectivity index (χ0v) is 20.3. The minimum atomic E-state index is -4.02. The van der Waals surface area contributed by atoms with Crippen molar-refractivity contribution < 1.29 is 22.8 Å². The minimum absolute atomic E-state index is 0.0153. The summed E-state index contributed by atoms with van der Waals surface area (Å²) in [6, 6.07) is 12.3. The second kappa shape index (κ2) is 10.0. The Morgan fingerprint density at radius 3 is 2.06 bits per heavy atom. The number of nitro benzene ring substituents is 1. The first kappa shape index (κ1) is 24.9. The molecule has 3 aromatic carbocycles. The van der Waals surface area contributed by atoms with Crippen molar-refractivity contribution in [3.05, 3.63) is 79.8 Å². The molecule has 1 N–H and O–H groups in total. The van der Waals surface area contributed by atoms with Crippen LogP contribution in [0, 0.1) is 10.1 Å². The maximum absolute atomic E-state index is 12.8. The summed E-state index contributed by atoms with van der Waals surface area (Å²) in [4.78, 5) is 10.1. The Morgan fingerprint density at radius 1 is 0.939 bits per heavy atom. The number of nitro groups is 1. The lowest BCUT2D eigenvalue weighted by atomic mass is 10.3. The lowest BCUT2D eigenvalue weighted by Crippen LogP contribution is -2.13. The van der Waals surface area contributed by atoms with Gasteiger partial charge in [0.1, 0.15) is 11.5 Å². The monoisotopic (exact) mass is 530 g/mol. The van der Waals surface area contributed by atoms with Crippen molar-refractivity contribution in [3.8, 4) is 17.2 Å². The van der Waals surface area contributed by atoms with Crippen LogP contribution in [0.25, 0.3) is 0 Å². The molecule has 0 aromatic heterocycles. The topological polar surface area (TPSA) is 108 Å². The van der Waals surface area contributed by atoms with E-state index in [4.69, 9.17) is 44.3 Å². The van der Waals surface area contributed by atoms with Gasteiger partial charge in [-0.05, 0) is 56.3 Å². The average Bonchev–Trinajstić information content (AvgIpc) is 2.72. The zero-order chi connectivity index (χ0) is 24.3. The molecule has 0 saturated carbocycles. The Kier molecular flexibility index (Phi) is 7.58. The maximum Gasteiger partial charge on any atom is 0.271 e. The van der Waals surface area contributed by atoms with Gasteiger partial charge in [0.25, 0.3) is 15.7 Å². The normalized spacial score (nSPS) is 11.3. The molecule has 0 aliphatic heterocycles. The van der Waals surface area contributed by atoms with Gasteiger partial charge < -0.3 is 9.47 Å². The van der Waals surface area contributed by atoms with Crippen LogP contribution in [0.15, 0.2) is 59.5 Å². The van der Waals surface area contributed by atoms with E-state index in [1.165, 1.54) is 24.3 Å². The zero-order valence-electron chi connectivity index (χ0n) is 17.2. The third-order valence-electron chi connectivity index (χ3n) is 4.10. The molecular formula is C21H17Cl3N2O6S. The number of non-ortho nitro benzene ring substituents is 1. The number of nitrogens with zero attached hydrogens (tertiary/aromatic N) is 1. The predicted molar refractivity (Wildman–Crippen MR) is 128 cm³/mol. The second-order valence-corrected chi connectivity index (χ2v) is 9.89. The highest BCUT2D eigenvalue weighted by Crippen LogP contribution is 2.41. The summed E-state index contributed by atoms with van der Waals surface area (Å²) in [6.45, 7) is 3.76. The first-order valence-corrected chi connectivity index (χ1v) is 12.0. The van der Waals surface area contributed by atoms with Gasteiger partial charge in [-0.25, -0.2) is 8.42 Å². The highest BCUT2D eigenvalue weighted by molar-refractivity contribution is 7.92. The highest BCUT2D eigenvalue weighted by Gasteiger charge is 2.21. The van der Waals surface area contributed by atoms with Gasteiger partial charge in [-0.2, -0.15) is 0 Å². The molecule has 0 heterocycles. The number of nitrogens with one attached hydrogen (secondary N) is 1. The van der Waals surface area contributed by atoms with Crippen LogP contribution in [0.1, 0.15) is 13.8 Å². The molecule has 0 saturated heterocycles. The molecule has 12 heteroatoms. The number of benzene rings is 3. The fraction of sp³-hybridized carbons (Fsp3) is 0.143. The quantitative estimate of drug-likeness (QED) is 0.249. The summed E-state index contributed by atoms with van der Waals surface area (Å²) >= 11 is 18.5. The largest absolute Gasteiger partial charge is 0.491 e. The van der Waals surface area contributed by atoms with E-state index >= 15 is 0 Å². The fourth-order valence-corrected chi connectivity index (χ4v) is 4.69. The van der Waals surface area contributed by atoms with E-state index < -0.39 is 14.9 Å². The molecular weight excluding hydrogens is 515 g/mol. The van der Waals surface area contributed by atoms with Crippen LogP contribution in [0.3, 0.4) is 0 Å². The van der Waals surface area contributed by atoms with Gasteiger partial charge in [0, 0.05) is 17.8 Å². The smallest absolute Gasteiger partial charge is 0.271 e. The Bertz CT molecular complexity index is 1270. The number of halogens is 3. The van der Waals surface area contributed by atoms with Crippen molar-refractivity contribution in [2.24, 2.45) is 0 Å². The van der Waals surface area contributed by atoms with Crippen LogP contribution in [-0.4, -0.2) is 19.4 Å². The number of sulfonamides is 1. The molecule has 0 amide bonds. The third-order valence-corrected chi connectivity index (χ3v) is 6.32. The van der Waals surface area contributed by atoms with Gasteiger partial charge >= 0.3 is 0 Å². The average molecular weight is 532 g/mol. The lowest BCUT2D eigenvalue weighted by Gasteiger charge is -2.14. The SMILES string of the molecule is CC(C)Oc1ccc(NS(=O)(=O)c2cc(Cl)c(Oc3ccc([N+](=O)[O-])cc3Cl)c(Cl)c2)cc1. The van der Waals surface area contributed by atoms with Crippen molar-refractivity contribution in [1.82, 2.24) is 0 Å². The second-order valence-electron chi connectivity index (χ2n) is 6.99. The van der Waals surface area contributed by atoms with Crippen LogP contribution < -0.4 is 14.2 Å². The van der Waals surface area contributed by atoms with E-state index in [1.807, 2.05) is 13.8 Å². The molecule has 3 rings (SSSR count). The van der Waals surface area contributed by atoms with Crippen LogP contribution in [0.2, 0.25) is 15.1 Å². The molecule has 8 nitrogen and oxygen atoms in total. The Morgan fingerprint density at radius 2 is 1.55 bits per heavy atom. The van der Waals surface area contributed by atoms with E-state index in [2.05, 4.69) is 4.72 Å². The Labute approximate surface area is 205 Å². The maximum atomic E-state index is 12.8. The summed E-state index contributed by atoms with van der Waals surface area (Å²) in [5.74, 6) is 0.608. The van der Waals surface area contributed by atoms with Gasteiger partial charge in [0.2, 0.25) is 0 Å². The first-order valence-electron chi connectivity index (χ1n) is 9.36. The number of rotatable bonds is 8. The Balaban J connectivity index is 1.83. The van der Waals surface area contributed by atoms with Gasteiger partial charge in [0.15, 0.2) is 5.75 Å². The molecule has 33 heavy (non-hydrogen) atoms. The van der Waals surface area contributed by atoms with E-state index in [0.717, 1.165) is 6.07 Å². The van der Waals surface area contributed by atoms with Gasteiger partial charge in [-0.1, -0.05) is 34.8 Å². The van der Waals surface area contributed by atoms with Crippen molar-refractivity contribution in [2.45, 2.75) is 24.8 Å². The van der Waals surface area contributed by atoms with E-state index in [0.29, 0.717) is 11.4 Å². The highest BCUT2D eigenvalue weighted by atomic mass is 35.5. The van der Waals surface area contributed by atoms with Crippen molar-refractivity contribution >= 4 is 56.2 Å². The van der Waals surface area contributed by atoms with Gasteiger partial charge in [-0.3, -0.25) is 14.8 Å². The van der Waals surface area contributed by atoms with Crippen molar-refractivity contribution in [1.29, 1.82) is 0 Å². The standard InChI is InChI=1S/C21H17Cl3N2O6S/c1-12(2)31-15-6-3-13(4-7-15)25-33(29,30)16-10-18(23)21(19(24)11-16)32-20-8-5-14(26(27)28)9-17(20)22/h3-12,25H,1-2H3. The molecule has 0 spiro atoms. The number of hydrogen-bond donors (Lipinski definition) is 1. The molecule has 0 aliphatic carbocycles. The molecule has 3 aromatic rings. The number of ether oxygens (including phenoxy) is 2. The van der Waals surface area contributed by atoms with Crippen molar-refractivity contribution in [2.75, 3.05) is 4.72 Å². The fourth-order valence-electron chi connectivity index (χ4n) is 2.67. The van der Waals surface area contributed by atoms with Crippen LogP contribution in [0.5, 0.6) is 17.2 Å². The summed E-state index contributed by atoms with van der Waals surface area (Å²) in [6.07, 6.45) is -0.0153. The van der Waals surface area contributed by atoms with Gasteiger partial charge in [0.05, 0.1) is 31.0 Å². The van der Waals surface area contributed by atoms with Crippen LogP contribution in [0.4, 0.5) is 11.4 Å². The minimum Gasteiger partial charge on any atom is -0.491 e. The molecule has 0 bridgehead atoms. The predicted octanol–water partition coefficient (Wildman–Crippen LogP) is 6.94. The van der Waals surface area contributed by atoms with Crippen LogP contribution >= 0.6 is 34.8 Å². The lowest BCUT2D eigenvalue weighted by molar-refractivity contribution is -0.384. The summed E-state index contributed by atoms with van der Waals surface area (Å²) in [5.41, 5.74) is 0.0946. The van der Waals surface area contributed by atoms with E-state index in [9.17, 15) is 18.5 Å². The molecule has 0 radical (unpaired) electrons. The summed E-state index contributed by atoms with van der Waals surface area (Å²) < 4.78 is 39.2. The molecule has 174 valence electrons. The van der Waals surface area contributed by atoms with Crippen molar-refractivity contribution in [3.63, 3.8) is 0 Å². The molecule has 0 aliphatic rings. The Hall–Kier alpha value is -2.72. The molecule has 0 fully saturated rings. The van der Waals surface area contributed by atoms with E-state index in [1.54, 1.807) is 24.3 Å². The summed E-state index contributed by atoms with van der Waals surface area (Å²) in [7, 11) is -4.02. The molecule has 0 unspecified atom stereocenters. The third kappa shape index (κ3) is 6.20. The summed E-state index contributed by atoms with van der Waals surface area (Å²) in [5, 5.41) is 10.6. The van der Waals surface area contributed by atoms with Crippen LogP contribution in [-0.2, 0) is 10.0 Å². The van der Waals surface area contributed by atoms with Gasteiger partial charge in [-0.15, -0.1) is 0 Å². The first-order chi connectivity index (χ1) is 15.5. The number of anilines is 1. The number of hydrogen-bond acceptors (Lipinski definition) is 6. The molecule has 0 atom stereocenters.